The first-order chi connectivity index (χ1) is 11.1. The van der Waals surface area contributed by atoms with Crippen molar-refractivity contribution in [1.29, 1.82) is 0 Å². The molecule has 1 aromatic heterocycles. The fourth-order valence-electron chi connectivity index (χ4n) is 3.57. The average molecular weight is 310 g/mol. The number of nitrogens with one attached hydrogen (secondary N) is 2. The summed E-state index contributed by atoms with van der Waals surface area (Å²) in [6.45, 7) is 5.80. The normalized spacial score (nSPS) is 23.1. The van der Waals surface area contributed by atoms with Crippen molar-refractivity contribution in [3.8, 4) is 0 Å². The second-order valence-corrected chi connectivity index (χ2v) is 6.04. The molecule has 0 bridgehead atoms. The minimum Gasteiger partial charge on any atom is -0.467 e. The molecule has 4 heteroatoms. The van der Waals surface area contributed by atoms with E-state index in [9.17, 15) is 4.79 Å². The fourth-order valence-corrected chi connectivity index (χ4v) is 3.57. The van der Waals surface area contributed by atoms with Gasteiger partial charge in [0.25, 0.3) is 0 Å². The second-order valence-electron chi connectivity index (χ2n) is 6.04. The molecule has 0 radical (unpaired) electrons. The van der Waals surface area contributed by atoms with Crippen LogP contribution in [0.4, 0.5) is 0 Å². The summed E-state index contributed by atoms with van der Waals surface area (Å²) in [6.07, 6.45) is 4.18. The minimum atomic E-state index is -0.908. The number of ether oxygens (including phenoxy) is 1. The van der Waals surface area contributed by atoms with Crippen LogP contribution in [-0.2, 0) is 16.0 Å². The van der Waals surface area contributed by atoms with Gasteiger partial charge in [-0.25, -0.2) is 4.79 Å². The number of methoxy groups -OCH3 is 1. The van der Waals surface area contributed by atoms with Gasteiger partial charge in [-0.1, -0.05) is 38.1 Å². The monoisotopic (exact) mass is 310 g/mol. The third-order valence-corrected chi connectivity index (χ3v) is 4.56. The maximum atomic E-state index is 12.5. The van der Waals surface area contributed by atoms with Gasteiger partial charge in [0.2, 0.25) is 0 Å². The molecule has 0 amide bonds. The summed E-state index contributed by atoms with van der Waals surface area (Å²) < 4.78 is 5.07. The summed E-state index contributed by atoms with van der Waals surface area (Å²) in [7, 11) is 1.42. The number of hydrogen-bond donors (Lipinski definition) is 2. The molecule has 0 spiro atoms. The van der Waals surface area contributed by atoms with Crippen molar-refractivity contribution in [3.05, 3.63) is 53.9 Å². The lowest BCUT2D eigenvalue weighted by Crippen LogP contribution is -2.56. The zero-order valence-corrected chi connectivity index (χ0v) is 13.6. The van der Waals surface area contributed by atoms with Crippen LogP contribution < -0.4 is 5.32 Å². The van der Waals surface area contributed by atoms with Gasteiger partial charge in [-0.3, -0.25) is 5.32 Å². The number of aromatic amines is 1. The third kappa shape index (κ3) is 2.50. The van der Waals surface area contributed by atoms with E-state index in [-0.39, 0.29) is 12.0 Å². The van der Waals surface area contributed by atoms with Crippen LogP contribution in [0.5, 0.6) is 0 Å². The number of benzene rings is 1. The number of hydrogen-bond acceptors (Lipinski definition) is 3. The number of esters is 1. The smallest absolute Gasteiger partial charge is 0.331 e. The van der Waals surface area contributed by atoms with Crippen LogP contribution in [0.1, 0.15) is 37.1 Å². The molecule has 2 atom stereocenters. The molecule has 0 unspecified atom stereocenters. The maximum absolute atomic E-state index is 12.5. The second kappa shape index (κ2) is 6.07. The summed E-state index contributed by atoms with van der Waals surface area (Å²) in [6, 6.07) is 8.28. The fraction of sp³-hybridized carbons (Fsp3) is 0.368. The molecule has 0 aliphatic carbocycles. The molecular formula is C19H22N2O2. The molecular weight excluding hydrogens is 288 g/mol. The Kier molecular flexibility index (Phi) is 4.12. The predicted molar refractivity (Wildman–Crippen MR) is 91.2 cm³/mol. The highest BCUT2D eigenvalue weighted by molar-refractivity contribution is 5.89. The molecule has 0 saturated carbocycles. The molecule has 3 rings (SSSR count). The van der Waals surface area contributed by atoms with Crippen molar-refractivity contribution in [1.82, 2.24) is 10.3 Å². The summed E-state index contributed by atoms with van der Waals surface area (Å²) in [5.74, 6) is -0.300. The van der Waals surface area contributed by atoms with E-state index >= 15 is 0 Å². The highest BCUT2D eigenvalue weighted by Crippen LogP contribution is 2.38. The van der Waals surface area contributed by atoms with E-state index in [1.54, 1.807) is 6.08 Å². The lowest BCUT2D eigenvalue weighted by molar-refractivity contribution is -0.147. The van der Waals surface area contributed by atoms with Crippen LogP contribution in [0.2, 0.25) is 0 Å². The van der Waals surface area contributed by atoms with E-state index in [2.05, 4.69) is 41.7 Å². The van der Waals surface area contributed by atoms with Crippen molar-refractivity contribution >= 4 is 16.9 Å². The van der Waals surface area contributed by atoms with Crippen molar-refractivity contribution < 1.29 is 9.53 Å². The Morgan fingerprint density at radius 3 is 3.00 bits per heavy atom. The number of para-hydroxylation sites is 1. The maximum Gasteiger partial charge on any atom is 0.331 e. The number of carbonyl (C=O) groups is 1. The van der Waals surface area contributed by atoms with Gasteiger partial charge in [0.05, 0.1) is 7.11 Å². The number of carbonyl (C=O) groups excluding carboxylic acids is 1. The van der Waals surface area contributed by atoms with Crippen molar-refractivity contribution in [2.75, 3.05) is 7.11 Å². The molecule has 4 nitrogen and oxygen atoms in total. The van der Waals surface area contributed by atoms with Crippen LogP contribution in [0.15, 0.2) is 42.7 Å². The molecule has 2 heterocycles. The topological polar surface area (TPSA) is 54.1 Å². The molecule has 1 aliphatic heterocycles. The van der Waals surface area contributed by atoms with Gasteiger partial charge >= 0.3 is 5.97 Å². The zero-order chi connectivity index (χ0) is 16.4. The van der Waals surface area contributed by atoms with Crippen LogP contribution in [0.3, 0.4) is 0 Å². The van der Waals surface area contributed by atoms with Gasteiger partial charge in [-0.05, 0) is 24.1 Å². The quantitative estimate of drug-likeness (QED) is 0.672. The predicted octanol–water partition coefficient (Wildman–Crippen LogP) is 3.41. The molecule has 2 aromatic rings. The Labute approximate surface area is 136 Å². The standard InChI is InChI=1S/C19H22N2O2/c1-4-8-16-17-14(13-9-6-7-10-15(13)20-17)12-19(21-16,11-5-2)18(22)23-3/h6-7,9-11,16,20-21H,2,4,8,12H2,1,3H3/t16-,19-/m1/s1. The number of aromatic nitrogens is 1. The van der Waals surface area contributed by atoms with E-state index in [1.807, 2.05) is 12.1 Å². The Morgan fingerprint density at radius 2 is 2.30 bits per heavy atom. The largest absolute Gasteiger partial charge is 0.467 e. The molecule has 2 N–H and O–H groups in total. The number of H-pyrrole nitrogens is 1. The minimum absolute atomic E-state index is 0.0693. The summed E-state index contributed by atoms with van der Waals surface area (Å²) in [5, 5.41) is 4.64. The van der Waals surface area contributed by atoms with Crippen molar-refractivity contribution in [3.63, 3.8) is 0 Å². The van der Waals surface area contributed by atoms with Gasteiger partial charge in [0, 0.05) is 29.1 Å². The number of fused-ring (bicyclic) bond motifs is 3. The zero-order valence-electron chi connectivity index (χ0n) is 13.6. The van der Waals surface area contributed by atoms with Gasteiger partial charge in [-0.2, -0.15) is 0 Å². The summed E-state index contributed by atoms with van der Waals surface area (Å²) in [4.78, 5) is 16.0. The third-order valence-electron chi connectivity index (χ3n) is 4.56. The van der Waals surface area contributed by atoms with Crippen LogP contribution >= 0.6 is 0 Å². The average Bonchev–Trinajstić information content (AvgIpc) is 2.93. The van der Waals surface area contributed by atoms with E-state index in [0.29, 0.717) is 6.42 Å². The summed E-state index contributed by atoms with van der Waals surface area (Å²) in [5.41, 5.74) is 5.32. The van der Waals surface area contributed by atoms with Gasteiger partial charge in [0.1, 0.15) is 5.54 Å². The molecule has 120 valence electrons. The lowest BCUT2D eigenvalue weighted by atomic mass is 9.82. The molecule has 1 aromatic carbocycles. The van der Waals surface area contributed by atoms with E-state index in [4.69, 9.17) is 4.74 Å². The first kappa shape index (κ1) is 15.6. The molecule has 0 saturated heterocycles. The first-order valence-corrected chi connectivity index (χ1v) is 7.97. The van der Waals surface area contributed by atoms with Crippen LogP contribution in [0, 0.1) is 0 Å². The van der Waals surface area contributed by atoms with Gasteiger partial charge in [0.15, 0.2) is 0 Å². The van der Waals surface area contributed by atoms with Gasteiger partial charge < -0.3 is 9.72 Å². The van der Waals surface area contributed by atoms with Crippen molar-refractivity contribution in [2.45, 2.75) is 37.8 Å². The summed E-state index contributed by atoms with van der Waals surface area (Å²) >= 11 is 0. The lowest BCUT2D eigenvalue weighted by Gasteiger charge is -2.37. The SMILES string of the molecule is C=C=C[C@]1(C(=O)OC)Cc2c([nH]c3ccccc23)[C@@H](CCC)N1. The van der Waals surface area contributed by atoms with E-state index in [0.717, 1.165) is 23.7 Å². The Hall–Kier alpha value is -2.29. The molecule has 1 aliphatic rings. The Balaban J connectivity index is 2.19. The van der Waals surface area contributed by atoms with Gasteiger partial charge in [-0.15, -0.1) is 5.73 Å². The first-order valence-electron chi connectivity index (χ1n) is 7.97. The Bertz CT molecular complexity index is 786. The molecule has 0 fully saturated rings. The van der Waals surface area contributed by atoms with Crippen LogP contribution in [0.25, 0.3) is 10.9 Å². The number of rotatable bonds is 4. The van der Waals surface area contributed by atoms with E-state index < -0.39 is 5.54 Å². The van der Waals surface area contributed by atoms with Crippen LogP contribution in [-0.4, -0.2) is 23.6 Å². The Morgan fingerprint density at radius 1 is 1.52 bits per heavy atom. The molecule has 23 heavy (non-hydrogen) atoms. The highest BCUT2D eigenvalue weighted by Gasteiger charge is 2.44. The van der Waals surface area contributed by atoms with E-state index in [1.165, 1.54) is 18.4 Å². The van der Waals surface area contributed by atoms with Crippen molar-refractivity contribution in [2.24, 2.45) is 0 Å². The highest BCUT2D eigenvalue weighted by atomic mass is 16.5.